The smallest absolute Gasteiger partial charge is 0.0761 e. The molecule has 0 radical (unpaired) electrons. The van der Waals surface area contributed by atoms with Crippen LogP contribution in [-0.2, 0) is 11.3 Å². The third kappa shape index (κ3) is 4.91. The Morgan fingerprint density at radius 2 is 2.09 bits per heavy atom. The second kappa shape index (κ2) is 9.00. The molecular weight excluding hydrogens is 312 g/mol. The van der Waals surface area contributed by atoms with Crippen molar-refractivity contribution in [2.45, 2.75) is 50.9 Å². The molecule has 130 valence electrons. The first-order valence-electron chi connectivity index (χ1n) is 8.55. The van der Waals surface area contributed by atoms with Crippen molar-refractivity contribution in [3.05, 3.63) is 35.4 Å². The van der Waals surface area contributed by atoms with Crippen LogP contribution in [0.4, 0.5) is 0 Å². The number of rotatable bonds is 5. The molecule has 0 aromatic heterocycles. The fourth-order valence-corrected chi connectivity index (χ4v) is 3.75. The molecule has 0 spiro atoms. The van der Waals surface area contributed by atoms with E-state index in [2.05, 4.69) is 22.8 Å². The standard InChI is InChI=1S/C18H28N2O2.ClH/c1-13(21)15-7-5-14(6-8-15)11-20-17-4-2-3-16(17)18-12-22-10-9-19-18;/h5-8,13,16-21H,2-4,9-12H2,1H3;1H. The minimum absolute atomic E-state index is 0. The van der Waals surface area contributed by atoms with E-state index in [9.17, 15) is 5.11 Å². The van der Waals surface area contributed by atoms with Crippen molar-refractivity contribution in [2.75, 3.05) is 19.8 Å². The predicted octanol–water partition coefficient (Wildman–Crippen LogP) is 2.41. The Morgan fingerprint density at radius 1 is 1.30 bits per heavy atom. The normalized spacial score (nSPS) is 29.0. The van der Waals surface area contributed by atoms with Gasteiger partial charge in [-0.3, -0.25) is 0 Å². The molecule has 23 heavy (non-hydrogen) atoms. The molecule has 4 unspecified atom stereocenters. The highest BCUT2D eigenvalue weighted by atomic mass is 35.5. The van der Waals surface area contributed by atoms with Crippen LogP contribution < -0.4 is 10.6 Å². The predicted molar refractivity (Wildman–Crippen MR) is 94.9 cm³/mol. The molecule has 1 heterocycles. The van der Waals surface area contributed by atoms with Crippen molar-refractivity contribution in [1.82, 2.24) is 10.6 Å². The van der Waals surface area contributed by atoms with Gasteiger partial charge in [-0.2, -0.15) is 0 Å². The second-order valence-corrected chi connectivity index (χ2v) is 6.64. The van der Waals surface area contributed by atoms with Gasteiger partial charge in [0, 0.05) is 25.2 Å². The second-order valence-electron chi connectivity index (χ2n) is 6.64. The highest BCUT2D eigenvalue weighted by Gasteiger charge is 2.34. The topological polar surface area (TPSA) is 53.5 Å². The number of halogens is 1. The molecule has 2 fully saturated rings. The molecule has 2 aliphatic rings. The summed E-state index contributed by atoms with van der Waals surface area (Å²) in [6.07, 6.45) is 3.47. The van der Waals surface area contributed by atoms with E-state index < -0.39 is 6.10 Å². The molecule has 1 aliphatic carbocycles. The zero-order valence-electron chi connectivity index (χ0n) is 13.8. The number of aliphatic hydroxyl groups excluding tert-OH is 1. The minimum Gasteiger partial charge on any atom is -0.389 e. The first-order chi connectivity index (χ1) is 10.7. The number of aliphatic hydroxyl groups is 1. The lowest BCUT2D eigenvalue weighted by molar-refractivity contribution is 0.0524. The maximum atomic E-state index is 9.56. The molecule has 0 amide bonds. The number of nitrogens with one attached hydrogen (secondary N) is 2. The van der Waals surface area contributed by atoms with E-state index in [1.165, 1.54) is 24.8 Å². The van der Waals surface area contributed by atoms with Crippen LogP contribution in [0.5, 0.6) is 0 Å². The zero-order valence-corrected chi connectivity index (χ0v) is 14.6. The van der Waals surface area contributed by atoms with E-state index in [-0.39, 0.29) is 12.4 Å². The molecule has 3 N–H and O–H groups in total. The Hall–Kier alpha value is -0.650. The Bertz CT molecular complexity index is 461. The van der Waals surface area contributed by atoms with Crippen molar-refractivity contribution in [2.24, 2.45) is 5.92 Å². The fraction of sp³-hybridized carbons (Fsp3) is 0.667. The number of ether oxygens (including phenoxy) is 1. The minimum atomic E-state index is -0.390. The SMILES string of the molecule is CC(O)c1ccc(CNC2CCCC2C2COCCN2)cc1.Cl. The number of morpholine rings is 1. The molecule has 1 aromatic rings. The third-order valence-electron chi connectivity index (χ3n) is 5.07. The summed E-state index contributed by atoms with van der Waals surface area (Å²) >= 11 is 0. The van der Waals surface area contributed by atoms with Crippen LogP contribution >= 0.6 is 12.4 Å². The molecular formula is C18H29ClN2O2. The molecule has 4 atom stereocenters. The van der Waals surface area contributed by atoms with Crippen LogP contribution in [0.3, 0.4) is 0 Å². The van der Waals surface area contributed by atoms with Gasteiger partial charge in [0.05, 0.1) is 19.3 Å². The van der Waals surface area contributed by atoms with Gasteiger partial charge in [-0.1, -0.05) is 30.7 Å². The van der Waals surface area contributed by atoms with Gasteiger partial charge in [0.2, 0.25) is 0 Å². The Morgan fingerprint density at radius 3 is 2.74 bits per heavy atom. The van der Waals surface area contributed by atoms with Gasteiger partial charge in [-0.15, -0.1) is 12.4 Å². The lowest BCUT2D eigenvalue weighted by Crippen LogP contribution is -2.50. The number of hydrogen-bond donors (Lipinski definition) is 3. The van der Waals surface area contributed by atoms with Crippen LogP contribution in [0, 0.1) is 5.92 Å². The Balaban J connectivity index is 0.00000192. The first kappa shape index (κ1) is 18.7. The molecule has 3 rings (SSSR count). The monoisotopic (exact) mass is 340 g/mol. The summed E-state index contributed by atoms with van der Waals surface area (Å²) in [5.41, 5.74) is 2.26. The lowest BCUT2D eigenvalue weighted by Gasteiger charge is -2.33. The lowest BCUT2D eigenvalue weighted by atomic mass is 9.94. The van der Waals surface area contributed by atoms with Gasteiger partial charge < -0.3 is 20.5 Å². The van der Waals surface area contributed by atoms with Gasteiger partial charge in [-0.05, 0) is 36.8 Å². The molecule has 1 saturated carbocycles. The van der Waals surface area contributed by atoms with Crippen molar-refractivity contribution in [3.8, 4) is 0 Å². The third-order valence-corrected chi connectivity index (χ3v) is 5.07. The van der Waals surface area contributed by atoms with Gasteiger partial charge in [0.25, 0.3) is 0 Å². The molecule has 1 saturated heterocycles. The Labute approximate surface area is 145 Å². The average Bonchev–Trinajstić information content (AvgIpc) is 3.02. The summed E-state index contributed by atoms with van der Waals surface area (Å²) in [6, 6.07) is 9.35. The first-order valence-corrected chi connectivity index (χ1v) is 8.55. The molecule has 1 aliphatic heterocycles. The van der Waals surface area contributed by atoms with Crippen LogP contribution in [0.25, 0.3) is 0 Å². The molecule has 1 aromatic carbocycles. The van der Waals surface area contributed by atoms with E-state index in [0.717, 1.165) is 31.9 Å². The van der Waals surface area contributed by atoms with Crippen molar-refractivity contribution >= 4 is 12.4 Å². The van der Waals surface area contributed by atoms with E-state index >= 15 is 0 Å². The van der Waals surface area contributed by atoms with Gasteiger partial charge in [-0.25, -0.2) is 0 Å². The van der Waals surface area contributed by atoms with E-state index in [4.69, 9.17) is 4.74 Å². The van der Waals surface area contributed by atoms with Crippen molar-refractivity contribution in [1.29, 1.82) is 0 Å². The number of benzene rings is 1. The van der Waals surface area contributed by atoms with E-state index in [0.29, 0.717) is 18.0 Å². The van der Waals surface area contributed by atoms with Gasteiger partial charge in [0.15, 0.2) is 0 Å². The quantitative estimate of drug-likeness (QED) is 0.770. The van der Waals surface area contributed by atoms with Crippen LogP contribution in [0.2, 0.25) is 0 Å². The van der Waals surface area contributed by atoms with Crippen molar-refractivity contribution in [3.63, 3.8) is 0 Å². The largest absolute Gasteiger partial charge is 0.389 e. The maximum absolute atomic E-state index is 9.56. The van der Waals surface area contributed by atoms with Crippen LogP contribution in [-0.4, -0.2) is 36.9 Å². The highest BCUT2D eigenvalue weighted by molar-refractivity contribution is 5.85. The highest BCUT2D eigenvalue weighted by Crippen LogP contribution is 2.29. The van der Waals surface area contributed by atoms with Crippen LogP contribution in [0.15, 0.2) is 24.3 Å². The van der Waals surface area contributed by atoms with E-state index in [1.54, 1.807) is 6.92 Å². The summed E-state index contributed by atoms with van der Waals surface area (Å²) < 4.78 is 5.63. The summed E-state index contributed by atoms with van der Waals surface area (Å²) in [4.78, 5) is 0. The van der Waals surface area contributed by atoms with Crippen molar-refractivity contribution < 1.29 is 9.84 Å². The summed E-state index contributed by atoms with van der Waals surface area (Å²) in [5.74, 6) is 0.678. The zero-order chi connectivity index (χ0) is 15.4. The average molecular weight is 341 g/mol. The van der Waals surface area contributed by atoms with Gasteiger partial charge >= 0.3 is 0 Å². The number of hydrogen-bond acceptors (Lipinski definition) is 4. The summed E-state index contributed by atoms with van der Waals surface area (Å²) in [6.45, 7) is 5.38. The Kier molecular flexibility index (Phi) is 7.31. The van der Waals surface area contributed by atoms with E-state index in [1.807, 2.05) is 12.1 Å². The molecule has 5 heteroatoms. The van der Waals surface area contributed by atoms with Gasteiger partial charge in [0.1, 0.15) is 0 Å². The summed E-state index contributed by atoms with van der Waals surface area (Å²) in [7, 11) is 0. The maximum Gasteiger partial charge on any atom is 0.0761 e. The summed E-state index contributed by atoms with van der Waals surface area (Å²) in [5, 5.41) is 16.9. The van der Waals surface area contributed by atoms with Crippen LogP contribution in [0.1, 0.15) is 43.4 Å². The fourth-order valence-electron chi connectivity index (χ4n) is 3.75. The molecule has 4 nitrogen and oxygen atoms in total. The molecule has 0 bridgehead atoms.